The Labute approximate surface area is 82.2 Å². The maximum atomic E-state index is 3.36. The van der Waals surface area contributed by atoms with Crippen molar-refractivity contribution in [3.63, 3.8) is 0 Å². The Morgan fingerprint density at radius 3 is 2.50 bits per heavy atom. The molecule has 0 bridgehead atoms. The monoisotopic (exact) mass is 271 g/mol. The van der Waals surface area contributed by atoms with Gasteiger partial charge >= 0.3 is 0 Å². The van der Waals surface area contributed by atoms with Crippen LogP contribution >= 0.6 is 15.9 Å². The third-order valence-corrected chi connectivity index (χ3v) is 1.46. The van der Waals surface area contributed by atoms with Crippen molar-refractivity contribution in [1.82, 2.24) is 0 Å². The van der Waals surface area contributed by atoms with E-state index in [2.05, 4.69) is 41.2 Å². The SMILES string of the molecule is CC(C)=CC[NH2+]CCBr.[Br-]. The Hall–Kier alpha value is 0.660. The lowest BCUT2D eigenvalue weighted by atomic mass is 10.3. The average Bonchev–Trinajstić information content (AvgIpc) is 1.80. The van der Waals surface area contributed by atoms with Crippen molar-refractivity contribution in [1.29, 1.82) is 0 Å². The molecule has 0 atom stereocenters. The van der Waals surface area contributed by atoms with E-state index < -0.39 is 0 Å². The van der Waals surface area contributed by atoms with Gasteiger partial charge in [-0.2, -0.15) is 0 Å². The molecule has 0 aromatic carbocycles. The minimum absolute atomic E-state index is 0. The molecule has 0 saturated carbocycles. The van der Waals surface area contributed by atoms with Crippen molar-refractivity contribution >= 4 is 15.9 Å². The fourth-order valence-electron chi connectivity index (χ4n) is 0.514. The van der Waals surface area contributed by atoms with Gasteiger partial charge < -0.3 is 22.3 Å². The standard InChI is InChI=1S/C7H14BrN.BrH/c1-7(2)3-5-9-6-4-8;/h3,9H,4-6H2,1-2H3;1H. The molecule has 0 fully saturated rings. The zero-order valence-corrected chi connectivity index (χ0v) is 9.70. The molecule has 0 rings (SSSR count). The molecule has 0 aliphatic carbocycles. The van der Waals surface area contributed by atoms with Crippen molar-refractivity contribution in [3.8, 4) is 0 Å². The van der Waals surface area contributed by atoms with Gasteiger partial charge in [0.2, 0.25) is 0 Å². The van der Waals surface area contributed by atoms with Gasteiger partial charge in [-0.25, -0.2) is 0 Å². The first-order valence-electron chi connectivity index (χ1n) is 3.28. The van der Waals surface area contributed by atoms with E-state index in [1.165, 1.54) is 12.1 Å². The van der Waals surface area contributed by atoms with Crippen LogP contribution in [0.25, 0.3) is 0 Å². The normalized spacial score (nSPS) is 8.30. The highest BCUT2D eigenvalue weighted by Gasteiger charge is 1.82. The molecule has 0 radical (unpaired) electrons. The first-order valence-corrected chi connectivity index (χ1v) is 4.40. The number of hydrogen-bond acceptors (Lipinski definition) is 0. The Kier molecular flexibility index (Phi) is 12.8. The maximum Gasteiger partial charge on any atom is 0.0945 e. The van der Waals surface area contributed by atoms with Crippen molar-refractivity contribution in [2.24, 2.45) is 0 Å². The second-order valence-electron chi connectivity index (χ2n) is 2.28. The highest BCUT2D eigenvalue weighted by molar-refractivity contribution is 9.09. The van der Waals surface area contributed by atoms with Crippen LogP contribution < -0.4 is 22.3 Å². The molecular weight excluding hydrogens is 258 g/mol. The molecule has 0 saturated heterocycles. The summed E-state index contributed by atoms with van der Waals surface area (Å²) in [4.78, 5) is 0. The summed E-state index contributed by atoms with van der Waals surface area (Å²) >= 11 is 3.36. The van der Waals surface area contributed by atoms with Gasteiger partial charge in [-0.3, -0.25) is 0 Å². The predicted octanol–water partition coefficient (Wildman–Crippen LogP) is -2.09. The fourth-order valence-corrected chi connectivity index (χ4v) is 0.838. The first-order chi connectivity index (χ1) is 4.27. The summed E-state index contributed by atoms with van der Waals surface area (Å²) in [6.45, 7) is 6.54. The summed E-state index contributed by atoms with van der Waals surface area (Å²) in [5.74, 6) is 0. The smallest absolute Gasteiger partial charge is 0.0945 e. The number of alkyl halides is 1. The lowest BCUT2D eigenvalue weighted by Gasteiger charge is -1.92. The van der Waals surface area contributed by atoms with E-state index in [9.17, 15) is 0 Å². The summed E-state index contributed by atoms with van der Waals surface area (Å²) in [6.07, 6.45) is 2.24. The van der Waals surface area contributed by atoms with Gasteiger partial charge in [-0.1, -0.05) is 21.5 Å². The molecule has 3 heteroatoms. The molecule has 0 spiro atoms. The molecule has 0 amide bonds. The summed E-state index contributed by atoms with van der Waals surface area (Å²) in [6, 6.07) is 0. The van der Waals surface area contributed by atoms with Crippen LogP contribution in [-0.4, -0.2) is 18.4 Å². The summed E-state index contributed by atoms with van der Waals surface area (Å²) in [5.41, 5.74) is 1.40. The number of halogens is 2. The highest BCUT2D eigenvalue weighted by Crippen LogP contribution is 1.82. The van der Waals surface area contributed by atoms with Crippen LogP contribution in [0.15, 0.2) is 11.6 Å². The van der Waals surface area contributed by atoms with Crippen LogP contribution in [0.3, 0.4) is 0 Å². The topological polar surface area (TPSA) is 16.6 Å². The number of hydrogen-bond donors (Lipinski definition) is 1. The average molecular weight is 273 g/mol. The van der Waals surface area contributed by atoms with Crippen molar-refractivity contribution in [2.45, 2.75) is 13.8 Å². The van der Waals surface area contributed by atoms with Gasteiger partial charge in [0.15, 0.2) is 0 Å². The predicted molar refractivity (Wildman–Crippen MR) is 44.9 cm³/mol. The number of rotatable bonds is 4. The van der Waals surface area contributed by atoms with Crippen molar-refractivity contribution < 1.29 is 22.3 Å². The van der Waals surface area contributed by atoms with E-state index in [0.29, 0.717) is 0 Å². The molecule has 62 valence electrons. The first kappa shape index (κ1) is 13.3. The minimum atomic E-state index is 0. The lowest BCUT2D eigenvalue weighted by molar-refractivity contribution is -0.641. The van der Waals surface area contributed by atoms with E-state index in [0.717, 1.165) is 11.9 Å². The molecule has 0 aliphatic heterocycles. The zero-order valence-electron chi connectivity index (χ0n) is 6.53. The molecule has 0 aromatic rings. The maximum absolute atomic E-state index is 3.36. The molecule has 2 N–H and O–H groups in total. The van der Waals surface area contributed by atoms with Gasteiger partial charge in [0.1, 0.15) is 0 Å². The largest absolute Gasteiger partial charge is 1.00 e. The van der Waals surface area contributed by atoms with Gasteiger partial charge in [0.05, 0.1) is 18.4 Å². The zero-order chi connectivity index (χ0) is 7.11. The molecule has 0 aliphatic rings. The molecule has 1 nitrogen and oxygen atoms in total. The van der Waals surface area contributed by atoms with E-state index in [1.54, 1.807) is 0 Å². The van der Waals surface area contributed by atoms with Gasteiger partial charge in [0, 0.05) is 0 Å². The number of quaternary nitrogens is 1. The summed E-state index contributed by atoms with van der Waals surface area (Å²) < 4.78 is 0. The number of allylic oxidation sites excluding steroid dienone is 1. The van der Waals surface area contributed by atoms with Crippen molar-refractivity contribution in [2.75, 3.05) is 18.4 Å². The summed E-state index contributed by atoms with van der Waals surface area (Å²) in [7, 11) is 0. The van der Waals surface area contributed by atoms with Crippen LogP contribution in [0.2, 0.25) is 0 Å². The van der Waals surface area contributed by atoms with E-state index in [1.807, 2.05) is 0 Å². The third-order valence-electron chi connectivity index (χ3n) is 1.01. The molecule has 0 heterocycles. The number of nitrogens with two attached hydrogens (primary N) is 1. The highest BCUT2D eigenvalue weighted by atomic mass is 79.9. The Balaban J connectivity index is 0. The fraction of sp³-hybridized carbons (Fsp3) is 0.714. The third kappa shape index (κ3) is 11.5. The quantitative estimate of drug-likeness (QED) is 0.344. The Morgan fingerprint density at radius 1 is 1.50 bits per heavy atom. The van der Waals surface area contributed by atoms with Gasteiger partial charge in [-0.05, 0) is 19.9 Å². The second-order valence-corrected chi connectivity index (χ2v) is 3.08. The molecule has 0 unspecified atom stereocenters. The van der Waals surface area contributed by atoms with Crippen molar-refractivity contribution in [3.05, 3.63) is 11.6 Å². The van der Waals surface area contributed by atoms with Crippen LogP contribution in [0.4, 0.5) is 0 Å². The molecule has 10 heavy (non-hydrogen) atoms. The van der Waals surface area contributed by atoms with Crippen LogP contribution in [0.1, 0.15) is 13.8 Å². The molecular formula is C7H15Br2N. The summed E-state index contributed by atoms with van der Waals surface area (Å²) in [5, 5.41) is 3.37. The van der Waals surface area contributed by atoms with E-state index in [4.69, 9.17) is 0 Å². The molecule has 0 aromatic heterocycles. The van der Waals surface area contributed by atoms with Gasteiger partial charge in [0.25, 0.3) is 0 Å². The van der Waals surface area contributed by atoms with E-state index in [-0.39, 0.29) is 17.0 Å². The second kappa shape index (κ2) is 9.66. The Morgan fingerprint density at radius 2 is 2.10 bits per heavy atom. The van der Waals surface area contributed by atoms with Crippen LogP contribution in [0.5, 0.6) is 0 Å². The van der Waals surface area contributed by atoms with E-state index >= 15 is 0 Å². The Bertz CT molecular complexity index is 87.6. The lowest BCUT2D eigenvalue weighted by Crippen LogP contribution is -3.00. The van der Waals surface area contributed by atoms with Crippen LogP contribution in [0, 0.1) is 0 Å². The minimum Gasteiger partial charge on any atom is -1.00 e. The van der Waals surface area contributed by atoms with Crippen LogP contribution in [-0.2, 0) is 0 Å². The van der Waals surface area contributed by atoms with Gasteiger partial charge in [-0.15, -0.1) is 0 Å².